The molecule has 0 spiro atoms. The van der Waals surface area contributed by atoms with Gasteiger partial charge in [-0.1, -0.05) is 6.08 Å². The van der Waals surface area contributed by atoms with Crippen molar-refractivity contribution in [2.45, 2.75) is 38.5 Å². The van der Waals surface area contributed by atoms with Crippen LogP contribution in [0.1, 0.15) is 32.3 Å². The Bertz CT molecular complexity index is 920. The highest BCUT2D eigenvalue weighted by Gasteiger charge is 2.36. The van der Waals surface area contributed by atoms with Gasteiger partial charge in [-0.15, -0.1) is 0 Å². The summed E-state index contributed by atoms with van der Waals surface area (Å²) in [4.78, 5) is 15.9. The van der Waals surface area contributed by atoms with Crippen molar-refractivity contribution in [1.29, 1.82) is 0 Å². The minimum Gasteiger partial charge on any atom is -0.386 e. The minimum absolute atomic E-state index is 0.0835. The number of hydrogen-bond acceptors (Lipinski definition) is 4. The van der Waals surface area contributed by atoms with Crippen LogP contribution >= 0.6 is 0 Å². The Hall–Kier alpha value is -2.68. The van der Waals surface area contributed by atoms with Gasteiger partial charge in [0.1, 0.15) is 11.4 Å². The van der Waals surface area contributed by atoms with Crippen molar-refractivity contribution < 1.29 is 23.1 Å². The summed E-state index contributed by atoms with van der Waals surface area (Å²) in [6.07, 6.45) is -1.83. The highest BCUT2D eigenvalue weighted by molar-refractivity contribution is 6.08. The number of allylic oxidation sites excluding steroid dienone is 1. The Labute approximate surface area is 146 Å². The van der Waals surface area contributed by atoms with E-state index in [1.807, 2.05) is 0 Å². The number of rotatable bonds is 3. The first kappa shape index (κ1) is 18.1. The topological polar surface area (TPSA) is 90.4 Å². The Kier molecular flexibility index (Phi) is 4.35. The molecule has 1 amide bonds. The van der Waals surface area contributed by atoms with E-state index >= 15 is 0 Å². The maximum Gasteiger partial charge on any atom is 0.429 e. The fourth-order valence-corrected chi connectivity index (χ4v) is 2.73. The molecule has 26 heavy (non-hydrogen) atoms. The number of alkyl halides is 3. The molecule has 2 aromatic rings. The molecule has 0 aliphatic carbocycles. The molecule has 1 aliphatic rings. The monoisotopic (exact) mass is 366 g/mol. The molecular weight excluding hydrogens is 349 g/mol. The number of carbonyl (C=O) groups excluding carboxylic acids is 1. The Morgan fingerprint density at radius 2 is 2.04 bits per heavy atom. The molecule has 0 atom stereocenters. The van der Waals surface area contributed by atoms with Crippen LogP contribution in [-0.4, -0.2) is 33.1 Å². The molecule has 0 radical (unpaired) electrons. The van der Waals surface area contributed by atoms with Gasteiger partial charge < -0.3 is 10.4 Å². The molecule has 0 bridgehead atoms. The standard InChI is InChI=1S/C17H17F3N4O2/c1-16(2,26)10-7-12-9(8-21-24-12)6-13(10)23-15(25)11-4-3-5-14(22-11)17(18,19)20/h4,6-8,26H,3,5H2,1-2H3,(H,21,24)(H,23,25). The molecule has 3 N–H and O–H groups in total. The number of aromatic amines is 1. The molecule has 1 aromatic carbocycles. The van der Waals surface area contributed by atoms with Gasteiger partial charge in [0, 0.05) is 16.6 Å². The quantitative estimate of drug-likeness (QED) is 0.778. The van der Waals surface area contributed by atoms with Crippen LogP contribution in [0.2, 0.25) is 0 Å². The molecule has 0 unspecified atom stereocenters. The third-order valence-electron chi connectivity index (χ3n) is 4.02. The molecule has 0 fully saturated rings. The summed E-state index contributed by atoms with van der Waals surface area (Å²) in [6.45, 7) is 3.08. The number of benzene rings is 1. The fourth-order valence-electron chi connectivity index (χ4n) is 2.73. The normalized spacial score (nSPS) is 15.6. The van der Waals surface area contributed by atoms with E-state index in [1.54, 1.807) is 32.2 Å². The molecule has 9 heteroatoms. The van der Waals surface area contributed by atoms with Crippen LogP contribution in [0.4, 0.5) is 18.9 Å². The number of nitrogens with zero attached hydrogens (tertiary/aromatic N) is 2. The number of nitrogens with one attached hydrogen (secondary N) is 2. The maximum atomic E-state index is 12.8. The number of hydrogen-bond donors (Lipinski definition) is 3. The van der Waals surface area contributed by atoms with E-state index in [-0.39, 0.29) is 24.2 Å². The highest BCUT2D eigenvalue weighted by atomic mass is 19.4. The van der Waals surface area contributed by atoms with Gasteiger partial charge in [0.2, 0.25) is 0 Å². The van der Waals surface area contributed by atoms with Gasteiger partial charge in [0.05, 0.1) is 17.3 Å². The van der Waals surface area contributed by atoms with E-state index in [0.717, 1.165) is 0 Å². The van der Waals surface area contributed by atoms with E-state index in [0.29, 0.717) is 16.5 Å². The van der Waals surface area contributed by atoms with Crippen molar-refractivity contribution in [3.63, 3.8) is 0 Å². The molecule has 1 aromatic heterocycles. The third kappa shape index (κ3) is 3.62. The highest BCUT2D eigenvalue weighted by Crippen LogP contribution is 2.32. The first-order valence-corrected chi connectivity index (χ1v) is 7.92. The smallest absolute Gasteiger partial charge is 0.386 e. The van der Waals surface area contributed by atoms with Crippen molar-refractivity contribution in [3.05, 3.63) is 35.7 Å². The zero-order valence-electron chi connectivity index (χ0n) is 14.1. The van der Waals surface area contributed by atoms with Gasteiger partial charge in [-0.25, -0.2) is 4.99 Å². The summed E-state index contributed by atoms with van der Waals surface area (Å²) in [5.74, 6) is -0.764. The number of carbonyl (C=O) groups is 1. The van der Waals surface area contributed by atoms with E-state index in [9.17, 15) is 23.1 Å². The van der Waals surface area contributed by atoms with Crippen molar-refractivity contribution in [2.75, 3.05) is 5.32 Å². The zero-order chi connectivity index (χ0) is 19.1. The van der Waals surface area contributed by atoms with Crippen molar-refractivity contribution in [2.24, 2.45) is 4.99 Å². The van der Waals surface area contributed by atoms with Gasteiger partial charge in [0.25, 0.3) is 5.91 Å². The summed E-state index contributed by atoms with van der Waals surface area (Å²) in [5.41, 5.74) is -1.21. The lowest BCUT2D eigenvalue weighted by Crippen LogP contribution is -2.27. The van der Waals surface area contributed by atoms with Gasteiger partial charge in [0.15, 0.2) is 0 Å². The van der Waals surface area contributed by atoms with Crippen LogP contribution in [0.5, 0.6) is 0 Å². The van der Waals surface area contributed by atoms with Crippen LogP contribution in [-0.2, 0) is 10.4 Å². The third-order valence-corrected chi connectivity index (χ3v) is 4.02. The Morgan fingerprint density at radius 1 is 1.31 bits per heavy atom. The number of aliphatic hydroxyl groups is 1. The van der Waals surface area contributed by atoms with E-state index < -0.39 is 23.4 Å². The van der Waals surface area contributed by atoms with Gasteiger partial charge in [-0.3, -0.25) is 9.89 Å². The Balaban J connectivity index is 1.94. The molecule has 3 rings (SSSR count). The lowest BCUT2D eigenvalue weighted by atomic mass is 9.95. The summed E-state index contributed by atoms with van der Waals surface area (Å²) >= 11 is 0. The van der Waals surface area contributed by atoms with Crippen LogP contribution in [0.15, 0.2) is 35.1 Å². The SMILES string of the molecule is CC(C)(O)c1cc2[nH]ncc2cc1NC(=O)C1=CCCC(C(F)(F)F)=N1. The average molecular weight is 366 g/mol. The zero-order valence-corrected chi connectivity index (χ0v) is 14.1. The van der Waals surface area contributed by atoms with E-state index in [1.165, 1.54) is 6.08 Å². The average Bonchev–Trinajstić information content (AvgIpc) is 3.00. The lowest BCUT2D eigenvalue weighted by Gasteiger charge is -2.22. The second-order valence-electron chi connectivity index (χ2n) is 6.55. The molecule has 1 aliphatic heterocycles. The van der Waals surface area contributed by atoms with Crippen LogP contribution in [0.3, 0.4) is 0 Å². The van der Waals surface area contributed by atoms with Crippen molar-refractivity contribution in [3.8, 4) is 0 Å². The summed E-state index contributed by atoms with van der Waals surface area (Å²) in [5, 5.41) is 20.3. The number of amides is 1. The van der Waals surface area contributed by atoms with Gasteiger partial charge >= 0.3 is 6.18 Å². The molecule has 6 nitrogen and oxygen atoms in total. The molecule has 0 saturated heterocycles. The number of anilines is 1. The molecule has 2 heterocycles. The van der Waals surface area contributed by atoms with Gasteiger partial charge in [-0.05, 0) is 38.8 Å². The van der Waals surface area contributed by atoms with E-state index in [4.69, 9.17) is 0 Å². The number of aliphatic imine (C=N–C) groups is 1. The van der Waals surface area contributed by atoms with Crippen molar-refractivity contribution in [1.82, 2.24) is 10.2 Å². The fraction of sp³-hybridized carbons (Fsp3) is 0.353. The maximum absolute atomic E-state index is 12.8. The predicted molar refractivity (Wildman–Crippen MR) is 90.8 cm³/mol. The largest absolute Gasteiger partial charge is 0.429 e. The lowest BCUT2D eigenvalue weighted by molar-refractivity contribution is -0.112. The van der Waals surface area contributed by atoms with Gasteiger partial charge in [-0.2, -0.15) is 18.3 Å². The number of H-pyrrole nitrogens is 1. The second-order valence-corrected chi connectivity index (χ2v) is 6.55. The predicted octanol–water partition coefficient (Wildman–Crippen LogP) is 3.41. The summed E-state index contributed by atoms with van der Waals surface area (Å²) in [7, 11) is 0. The van der Waals surface area contributed by atoms with Crippen LogP contribution in [0, 0.1) is 0 Å². The summed E-state index contributed by atoms with van der Waals surface area (Å²) in [6, 6.07) is 3.24. The minimum atomic E-state index is -4.56. The first-order chi connectivity index (χ1) is 12.1. The first-order valence-electron chi connectivity index (χ1n) is 7.92. The van der Waals surface area contributed by atoms with Crippen molar-refractivity contribution >= 4 is 28.2 Å². The van der Waals surface area contributed by atoms with E-state index in [2.05, 4.69) is 20.5 Å². The molecular formula is C17H17F3N4O2. The number of fused-ring (bicyclic) bond motifs is 1. The molecule has 138 valence electrons. The second kappa shape index (κ2) is 6.24. The van der Waals surface area contributed by atoms with Crippen LogP contribution < -0.4 is 5.32 Å². The molecule has 0 saturated carbocycles. The number of halogens is 3. The van der Waals surface area contributed by atoms with Crippen LogP contribution in [0.25, 0.3) is 10.9 Å². The Morgan fingerprint density at radius 3 is 2.69 bits per heavy atom. The number of aromatic nitrogens is 2. The summed E-state index contributed by atoms with van der Waals surface area (Å²) < 4.78 is 38.5.